The first-order valence-electron chi connectivity index (χ1n) is 12.1. The van der Waals surface area contributed by atoms with Gasteiger partial charge in [0, 0.05) is 43.4 Å². The van der Waals surface area contributed by atoms with Crippen molar-refractivity contribution in [3.8, 4) is 41.0 Å². The van der Waals surface area contributed by atoms with Crippen LogP contribution in [0.15, 0.2) is 122 Å². The van der Waals surface area contributed by atoms with Gasteiger partial charge in [-0.25, -0.2) is 19.3 Å². The quantitative estimate of drug-likeness (QED) is 0.177. The molecule has 0 saturated carbocycles. The first-order valence-corrected chi connectivity index (χ1v) is 12.1. The summed E-state index contributed by atoms with van der Waals surface area (Å²) in [6, 6.07) is 27.9. The molecule has 0 bridgehead atoms. The molecule has 9 heteroatoms. The molecule has 0 fully saturated rings. The molecular weight excluding hydrogens is 677 g/mol. The van der Waals surface area contributed by atoms with Gasteiger partial charge in [0.1, 0.15) is 12.4 Å². The number of benzene rings is 1. The molecule has 0 aliphatic rings. The van der Waals surface area contributed by atoms with E-state index in [0.717, 1.165) is 28.6 Å². The monoisotopic (exact) mass is 704 g/mol. The van der Waals surface area contributed by atoms with E-state index in [0.29, 0.717) is 0 Å². The molecule has 0 amide bonds. The van der Waals surface area contributed by atoms with Crippen LogP contribution >= 0.6 is 0 Å². The Morgan fingerprint density at radius 1 is 0.775 bits per heavy atom. The zero-order chi connectivity index (χ0) is 27.1. The van der Waals surface area contributed by atoms with Crippen molar-refractivity contribution in [2.24, 2.45) is 0 Å². The molecule has 0 N–H and O–H groups in total. The van der Waals surface area contributed by atoms with Crippen LogP contribution in [0.1, 0.15) is 5.56 Å². The second kappa shape index (κ2) is 16.1. The van der Waals surface area contributed by atoms with Gasteiger partial charge in [0.25, 0.3) is 0 Å². The van der Waals surface area contributed by atoms with Crippen molar-refractivity contribution in [2.75, 3.05) is 6.61 Å². The van der Waals surface area contributed by atoms with E-state index in [2.05, 4.69) is 37.1 Å². The maximum atomic E-state index is 5.36. The van der Waals surface area contributed by atoms with Gasteiger partial charge in [-0.3, -0.25) is 0 Å². The van der Waals surface area contributed by atoms with Gasteiger partial charge in [-0.2, -0.15) is 10.2 Å². The van der Waals surface area contributed by atoms with Gasteiger partial charge in [0.05, 0.1) is 0 Å². The van der Waals surface area contributed by atoms with E-state index in [1.54, 1.807) is 46.4 Å². The molecule has 1 aromatic carbocycles. The zero-order valence-corrected chi connectivity index (χ0v) is 24.3. The molecule has 0 saturated heterocycles. The van der Waals surface area contributed by atoms with Crippen LogP contribution in [0, 0.1) is 25.3 Å². The van der Waals surface area contributed by atoms with E-state index in [1.807, 2.05) is 92.1 Å². The second-order valence-corrected chi connectivity index (χ2v) is 7.93. The Labute approximate surface area is 246 Å². The topological polar surface area (TPSA) is 83.5 Å². The summed E-state index contributed by atoms with van der Waals surface area (Å²) in [6.07, 6.45) is 17.5. The Balaban J connectivity index is 0.000000169. The second-order valence-electron chi connectivity index (χ2n) is 7.93. The van der Waals surface area contributed by atoms with E-state index < -0.39 is 0 Å². The minimum absolute atomic E-state index is 0. The minimum Gasteiger partial charge on any atom is -0.482 e. The number of aryl methyl sites for hydroxylation is 1. The van der Waals surface area contributed by atoms with Crippen LogP contribution in [0.25, 0.3) is 22.9 Å². The molecule has 40 heavy (non-hydrogen) atoms. The van der Waals surface area contributed by atoms with Crippen LogP contribution in [0.3, 0.4) is 0 Å². The molecular formula is C31H26N7OOs. The van der Waals surface area contributed by atoms with Crippen LogP contribution in [-0.4, -0.2) is 41.1 Å². The predicted molar refractivity (Wildman–Crippen MR) is 150 cm³/mol. The maximum Gasteiger partial charge on any atom is 1.00 e. The molecule has 0 unspecified atom stereocenters. The average Bonchev–Trinajstić information content (AvgIpc) is 3.74. The minimum atomic E-state index is 0. The Hall–Kier alpha value is -4.91. The third-order valence-corrected chi connectivity index (χ3v) is 5.06. The number of nitrogens with zero attached hydrogens (tertiary/aromatic N) is 7. The SMILES string of the molecule is C#CCOc1ccnc(-c2[c-]ccc(C)c2)c1.[Os+].c1ccc(-n2cccn2)nc1.c1ccc(-n2cccn2)nc1. The molecule has 6 aromatic rings. The summed E-state index contributed by atoms with van der Waals surface area (Å²) in [5, 5.41) is 8.08. The smallest absolute Gasteiger partial charge is 0.482 e. The fraction of sp³-hybridized carbons (Fsp3) is 0.0645. The Bertz CT molecular complexity index is 1500. The Morgan fingerprint density at radius 2 is 1.43 bits per heavy atom. The van der Waals surface area contributed by atoms with E-state index in [4.69, 9.17) is 11.2 Å². The summed E-state index contributed by atoms with van der Waals surface area (Å²) < 4.78 is 8.80. The molecule has 0 aliphatic heterocycles. The van der Waals surface area contributed by atoms with Crippen molar-refractivity contribution in [1.29, 1.82) is 0 Å². The number of hydrogen-bond acceptors (Lipinski definition) is 6. The Morgan fingerprint density at radius 3 is 1.93 bits per heavy atom. The summed E-state index contributed by atoms with van der Waals surface area (Å²) in [5.74, 6) is 4.85. The van der Waals surface area contributed by atoms with Crippen LogP contribution in [0.2, 0.25) is 0 Å². The van der Waals surface area contributed by atoms with Crippen molar-refractivity contribution < 1.29 is 24.5 Å². The van der Waals surface area contributed by atoms with Crippen molar-refractivity contribution >= 4 is 0 Å². The molecule has 0 atom stereocenters. The number of pyridine rings is 3. The van der Waals surface area contributed by atoms with E-state index in [9.17, 15) is 0 Å². The van der Waals surface area contributed by atoms with Gasteiger partial charge in [0.15, 0.2) is 11.6 Å². The molecule has 0 aliphatic carbocycles. The largest absolute Gasteiger partial charge is 1.00 e. The van der Waals surface area contributed by atoms with Crippen molar-refractivity contribution in [1.82, 2.24) is 34.5 Å². The van der Waals surface area contributed by atoms with Crippen LogP contribution in [0.5, 0.6) is 5.75 Å². The van der Waals surface area contributed by atoms with Crippen LogP contribution in [0.4, 0.5) is 0 Å². The van der Waals surface area contributed by atoms with E-state index in [1.165, 1.54) is 5.56 Å². The van der Waals surface area contributed by atoms with Crippen molar-refractivity contribution in [3.05, 3.63) is 134 Å². The van der Waals surface area contributed by atoms with Crippen LogP contribution in [-0.2, 0) is 19.8 Å². The molecule has 1 radical (unpaired) electrons. The number of aromatic nitrogens is 7. The molecule has 5 heterocycles. The number of hydrogen-bond donors (Lipinski definition) is 0. The van der Waals surface area contributed by atoms with E-state index in [-0.39, 0.29) is 26.4 Å². The van der Waals surface area contributed by atoms with E-state index >= 15 is 0 Å². The first kappa shape index (κ1) is 29.6. The van der Waals surface area contributed by atoms with Crippen molar-refractivity contribution in [2.45, 2.75) is 6.92 Å². The average molecular weight is 703 g/mol. The fourth-order valence-corrected chi connectivity index (χ4v) is 3.29. The number of terminal acetylenes is 1. The molecule has 5 aromatic heterocycles. The maximum absolute atomic E-state index is 5.36. The summed E-state index contributed by atoms with van der Waals surface area (Å²) in [4.78, 5) is 12.5. The first-order chi connectivity index (χ1) is 19.2. The summed E-state index contributed by atoms with van der Waals surface area (Å²) >= 11 is 0. The van der Waals surface area contributed by atoms with Gasteiger partial charge >= 0.3 is 19.8 Å². The number of ether oxygens (including phenoxy) is 1. The molecule has 8 nitrogen and oxygen atoms in total. The molecule has 0 spiro atoms. The van der Waals surface area contributed by atoms with Crippen molar-refractivity contribution in [3.63, 3.8) is 0 Å². The van der Waals surface area contributed by atoms with Gasteiger partial charge in [-0.1, -0.05) is 25.0 Å². The molecule has 199 valence electrons. The summed E-state index contributed by atoms with van der Waals surface area (Å²) in [5.41, 5.74) is 2.97. The number of rotatable bonds is 5. The van der Waals surface area contributed by atoms with Gasteiger partial charge in [-0.05, 0) is 54.2 Å². The fourth-order valence-electron chi connectivity index (χ4n) is 3.29. The summed E-state index contributed by atoms with van der Waals surface area (Å²) in [7, 11) is 0. The third-order valence-electron chi connectivity index (χ3n) is 5.06. The van der Waals surface area contributed by atoms with Gasteiger partial charge in [-0.15, -0.1) is 41.8 Å². The zero-order valence-electron chi connectivity index (χ0n) is 21.7. The summed E-state index contributed by atoms with van der Waals surface area (Å²) in [6.45, 7) is 2.30. The standard InChI is InChI=1S/C15H12NO.2C8H7N3.Os/c1-3-9-17-14-7-8-16-15(11-14)13-6-4-5-12(2)10-13;2*1-2-5-9-8(4-1)11-7-3-6-10-11;/h1,4-5,7-8,10-11H,9H2,2H3;2*1-7H;/q-1;;;+1. The molecule has 6 rings (SSSR count). The Kier molecular flexibility index (Phi) is 12.0. The van der Waals surface area contributed by atoms with Gasteiger partial charge < -0.3 is 9.72 Å². The van der Waals surface area contributed by atoms with Gasteiger partial charge in [0.2, 0.25) is 0 Å². The normalized spacial score (nSPS) is 9.50. The van der Waals surface area contributed by atoms with Crippen LogP contribution < -0.4 is 4.74 Å². The predicted octanol–water partition coefficient (Wildman–Crippen LogP) is 5.40. The third kappa shape index (κ3) is 9.13.